The van der Waals surface area contributed by atoms with Crippen LogP contribution < -0.4 is 10.6 Å². The Kier molecular flexibility index (Phi) is 10.1. The van der Waals surface area contributed by atoms with Crippen molar-refractivity contribution < 1.29 is 4.79 Å². The van der Waals surface area contributed by atoms with E-state index in [-0.39, 0.29) is 5.91 Å². The third-order valence-corrected chi connectivity index (χ3v) is 2.32. The van der Waals surface area contributed by atoms with Crippen LogP contribution in [0.1, 0.15) is 6.42 Å². The van der Waals surface area contributed by atoms with Crippen LogP contribution in [-0.2, 0) is 4.79 Å². The highest BCUT2D eigenvalue weighted by Crippen LogP contribution is 1.94. The Morgan fingerprint density at radius 3 is 2.93 bits per heavy atom. The Labute approximate surface area is 94.8 Å². The van der Waals surface area contributed by atoms with E-state index in [2.05, 4.69) is 16.6 Å². The van der Waals surface area contributed by atoms with Gasteiger partial charge in [0.25, 0.3) is 0 Å². The van der Waals surface area contributed by atoms with E-state index in [4.69, 9.17) is 11.7 Å². The van der Waals surface area contributed by atoms with Crippen molar-refractivity contribution >= 4 is 17.7 Å². The molecule has 0 saturated heterocycles. The van der Waals surface area contributed by atoms with Gasteiger partial charge < -0.3 is 10.6 Å². The van der Waals surface area contributed by atoms with E-state index in [0.717, 1.165) is 12.3 Å². The predicted molar refractivity (Wildman–Crippen MR) is 62.3 cm³/mol. The first kappa shape index (κ1) is 13.8. The van der Waals surface area contributed by atoms with Crippen LogP contribution in [0.5, 0.6) is 0 Å². The smallest absolute Gasteiger partial charge is 0.233 e. The topological polar surface area (TPSA) is 64.9 Å². The number of amides is 1. The molecule has 0 heterocycles. The number of nitrogens with one attached hydrogen (secondary N) is 2. The minimum atomic E-state index is -0.0767. The Bertz CT molecular complexity index is 254. The fraction of sp³-hybridized carbons (Fsp3) is 0.600. The quantitative estimate of drug-likeness (QED) is 0.450. The number of nitriles is 1. The lowest BCUT2D eigenvalue weighted by molar-refractivity contribution is -0.120. The van der Waals surface area contributed by atoms with Crippen LogP contribution in [0, 0.1) is 23.7 Å². The Morgan fingerprint density at radius 2 is 2.27 bits per heavy atom. The van der Waals surface area contributed by atoms with Gasteiger partial charge in [0.2, 0.25) is 5.91 Å². The summed E-state index contributed by atoms with van der Waals surface area (Å²) in [6.07, 6.45) is 5.43. The lowest BCUT2D eigenvalue weighted by Crippen LogP contribution is -2.35. The van der Waals surface area contributed by atoms with Crippen LogP contribution in [0.25, 0.3) is 0 Å². The number of carbonyl (C=O) groups is 1. The van der Waals surface area contributed by atoms with E-state index < -0.39 is 0 Å². The summed E-state index contributed by atoms with van der Waals surface area (Å²) in [6, 6.07) is 1.96. The molecule has 0 rings (SSSR count). The maximum atomic E-state index is 11.1. The zero-order valence-corrected chi connectivity index (χ0v) is 9.40. The molecule has 0 spiro atoms. The maximum Gasteiger partial charge on any atom is 0.233 e. The third kappa shape index (κ3) is 10.8. The van der Waals surface area contributed by atoms with Gasteiger partial charge in [0.15, 0.2) is 0 Å². The number of rotatable bonds is 8. The first-order chi connectivity index (χ1) is 7.31. The molecule has 15 heavy (non-hydrogen) atoms. The van der Waals surface area contributed by atoms with Crippen molar-refractivity contribution in [3.8, 4) is 18.4 Å². The molecular formula is C10H15N3OS. The van der Waals surface area contributed by atoms with Crippen molar-refractivity contribution in [1.82, 2.24) is 10.6 Å². The van der Waals surface area contributed by atoms with Crippen molar-refractivity contribution in [3.05, 3.63) is 0 Å². The average Bonchev–Trinajstić information content (AvgIpc) is 2.23. The average molecular weight is 225 g/mol. The minimum absolute atomic E-state index is 0.0767. The molecule has 0 aliphatic rings. The van der Waals surface area contributed by atoms with E-state index in [9.17, 15) is 4.79 Å². The van der Waals surface area contributed by atoms with Crippen molar-refractivity contribution in [2.24, 2.45) is 0 Å². The Hall–Kier alpha value is -1.17. The van der Waals surface area contributed by atoms with E-state index in [0.29, 0.717) is 25.3 Å². The van der Waals surface area contributed by atoms with Gasteiger partial charge in [0, 0.05) is 18.8 Å². The molecule has 0 aromatic rings. The normalized spacial score (nSPS) is 8.93. The number of carbonyl (C=O) groups excluding carboxylic acids is 1. The van der Waals surface area contributed by atoms with Crippen molar-refractivity contribution in [1.29, 1.82) is 5.26 Å². The minimum Gasteiger partial charge on any atom is -0.354 e. The molecule has 0 aliphatic heterocycles. The van der Waals surface area contributed by atoms with Gasteiger partial charge in [-0.1, -0.05) is 5.92 Å². The van der Waals surface area contributed by atoms with Gasteiger partial charge in [0.1, 0.15) is 0 Å². The first-order valence-corrected chi connectivity index (χ1v) is 5.82. The van der Waals surface area contributed by atoms with Gasteiger partial charge in [0.05, 0.1) is 24.8 Å². The van der Waals surface area contributed by atoms with Crippen LogP contribution in [0.3, 0.4) is 0 Å². The summed E-state index contributed by atoms with van der Waals surface area (Å²) in [5, 5.41) is 13.8. The number of nitrogens with zero attached hydrogens (tertiary/aromatic N) is 1. The lowest BCUT2D eigenvalue weighted by Gasteiger charge is -2.04. The van der Waals surface area contributed by atoms with Crippen molar-refractivity contribution in [3.63, 3.8) is 0 Å². The number of hydrogen-bond acceptors (Lipinski definition) is 4. The summed E-state index contributed by atoms with van der Waals surface area (Å²) < 4.78 is 0. The molecule has 0 unspecified atom stereocenters. The van der Waals surface area contributed by atoms with Crippen molar-refractivity contribution in [2.45, 2.75) is 6.42 Å². The number of terminal acetylenes is 1. The molecule has 0 radical (unpaired) electrons. The van der Waals surface area contributed by atoms with E-state index >= 15 is 0 Å². The molecule has 0 aromatic carbocycles. The van der Waals surface area contributed by atoms with Crippen LogP contribution in [-0.4, -0.2) is 37.0 Å². The van der Waals surface area contributed by atoms with Crippen molar-refractivity contribution in [2.75, 3.05) is 31.1 Å². The van der Waals surface area contributed by atoms with Crippen LogP contribution in [0.4, 0.5) is 0 Å². The van der Waals surface area contributed by atoms with Gasteiger partial charge in [-0.05, 0) is 0 Å². The molecule has 0 bridgehead atoms. The summed E-state index contributed by atoms with van der Waals surface area (Å²) in [5.74, 6) is 4.05. The van der Waals surface area contributed by atoms with Gasteiger partial charge in [-0.15, -0.1) is 18.2 Å². The second-order valence-electron chi connectivity index (χ2n) is 2.69. The fourth-order valence-electron chi connectivity index (χ4n) is 0.798. The highest BCUT2D eigenvalue weighted by Gasteiger charge is 1.98. The summed E-state index contributed by atoms with van der Waals surface area (Å²) in [6.45, 7) is 1.48. The fourth-order valence-corrected chi connectivity index (χ4v) is 1.35. The standard InChI is InChI=1S/C10H15N3OS/c1-2-7-15-8-6-12-9-10(14)13-5-3-4-11/h1,12H,3,5-9H2,(H,13,14). The predicted octanol–water partition coefficient (Wildman–Crippen LogP) is -0.0277. The summed E-state index contributed by atoms with van der Waals surface area (Å²) in [5.41, 5.74) is 0. The molecule has 2 N–H and O–H groups in total. The van der Waals surface area contributed by atoms with E-state index in [1.54, 1.807) is 11.8 Å². The highest BCUT2D eigenvalue weighted by molar-refractivity contribution is 7.99. The Morgan fingerprint density at radius 1 is 1.47 bits per heavy atom. The summed E-state index contributed by atoms with van der Waals surface area (Å²) in [4.78, 5) is 11.1. The van der Waals surface area contributed by atoms with Gasteiger partial charge in [-0.3, -0.25) is 4.79 Å². The second-order valence-corrected chi connectivity index (χ2v) is 3.80. The lowest BCUT2D eigenvalue weighted by atomic mass is 10.4. The zero-order chi connectivity index (χ0) is 11.4. The van der Waals surface area contributed by atoms with E-state index in [1.165, 1.54) is 0 Å². The first-order valence-electron chi connectivity index (χ1n) is 4.67. The van der Waals surface area contributed by atoms with Gasteiger partial charge in [-0.2, -0.15) is 5.26 Å². The molecular weight excluding hydrogens is 210 g/mol. The largest absolute Gasteiger partial charge is 0.354 e. The van der Waals surface area contributed by atoms with Crippen LogP contribution in [0.2, 0.25) is 0 Å². The molecule has 4 nitrogen and oxygen atoms in total. The summed E-state index contributed by atoms with van der Waals surface area (Å²) >= 11 is 1.65. The van der Waals surface area contributed by atoms with E-state index in [1.807, 2.05) is 6.07 Å². The molecule has 0 aliphatic carbocycles. The molecule has 1 amide bonds. The second kappa shape index (κ2) is 10.9. The number of hydrogen-bond donors (Lipinski definition) is 2. The Balaban J connectivity index is 3.18. The molecule has 0 saturated carbocycles. The molecule has 0 atom stereocenters. The molecule has 82 valence electrons. The van der Waals surface area contributed by atoms with Crippen LogP contribution >= 0.6 is 11.8 Å². The number of thioether (sulfide) groups is 1. The monoisotopic (exact) mass is 225 g/mol. The molecule has 0 fully saturated rings. The maximum absolute atomic E-state index is 11.1. The third-order valence-electron chi connectivity index (χ3n) is 1.45. The van der Waals surface area contributed by atoms with Crippen LogP contribution in [0.15, 0.2) is 0 Å². The zero-order valence-electron chi connectivity index (χ0n) is 8.58. The van der Waals surface area contributed by atoms with Gasteiger partial charge >= 0.3 is 0 Å². The molecule has 0 aromatic heterocycles. The molecule has 5 heteroatoms. The van der Waals surface area contributed by atoms with Gasteiger partial charge in [-0.25, -0.2) is 0 Å². The summed E-state index contributed by atoms with van der Waals surface area (Å²) in [7, 11) is 0. The SMILES string of the molecule is C#CCSCCNCC(=O)NCCC#N. The highest BCUT2D eigenvalue weighted by atomic mass is 32.2.